The third-order valence-corrected chi connectivity index (χ3v) is 3.98. The van der Waals surface area contributed by atoms with Gasteiger partial charge in [-0.2, -0.15) is 0 Å². The number of rotatable bonds is 1. The average Bonchev–Trinajstić information content (AvgIpc) is 2.47. The molecule has 0 aromatic heterocycles. The molecule has 2 aliphatic rings. The molecule has 1 aliphatic carbocycles. The fourth-order valence-corrected chi connectivity index (χ4v) is 3.21. The van der Waals surface area contributed by atoms with Crippen LogP contribution in [0, 0.1) is 11.8 Å². The maximum absolute atomic E-state index is 2.48. The zero-order valence-electron chi connectivity index (χ0n) is 8.69. The molecule has 1 saturated carbocycles. The van der Waals surface area contributed by atoms with E-state index in [4.69, 9.17) is 0 Å². The van der Waals surface area contributed by atoms with Gasteiger partial charge in [-0.05, 0) is 36.8 Å². The molecule has 3 rings (SSSR count). The van der Waals surface area contributed by atoms with E-state index in [9.17, 15) is 0 Å². The summed E-state index contributed by atoms with van der Waals surface area (Å²) in [5.74, 6) is 2.79. The van der Waals surface area contributed by atoms with Gasteiger partial charge in [0.2, 0.25) is 0 Å². The maximum atomic E-state index is 2.48. The van der Waals surface area contributed by atoms with Crippen molar-refractivity contribution in [3.8, 4) is 0 Å². The largest absolute Gasteiger partial charge is 0.306 e. The van der Waals surface area contributed by atoms with E-state index in [1.54, 1.807) is 5.56 Å². The van der Waals surface area contributed by atoms with Gasteiger partial charge in [-0.25, -0.2) is 0 Å². The van der Waals surface area contributed by atoms with Gasteiger partial charge in [-0.15, -0.1) is 0 Å². The van der Waals surface area contributed by atoms with Gasteiger partial charge in [-0.3, -0.25) is 0 Å². The number of fused-ring (bicyclic) bond motifs is 1. The third kappa shape index (κ3) is 1.19. The zero-order chi connectivity index (χ0) is 9.54. The SMILES string of the molecule is CN1CC2CC(c3ccccc3)C2C1. The molecule has 1 heterocycles. The van der Waals surface area contributed by atoms with Crippen LogP contribution in [0.15, 0.2) is 30.3 Å². The average molecular weight is 187 g/mol. The van der Waals surface area contributed by atoms with Crippen LogP contribution in [-0.2, 0) is 0 Å². The molecule has 0 N–H and O–H groups in total. The highest BCUT2D eigenvalue weighted by Crippen LogP contribution is 2.50. The van der Waals surface area contributed by atoms with E-state index in [2.05, 4.69) is 42.3 Å². The Morgan fingerprint density at radius 2 is 1.93 bits per heavy atom. The minimum Gasteiger partial charge on any atom is -0.306 e. The molecule has 1 nitrogen and oxygen atoms in total. The summed E-state index contributed by atoms with van der Waals surface area (Å²) in [6.45, 7) is 2.64. The fraction of sp³-hybridized carbons (Fsp3) is 0.538. The highest BCUT2D eigenvalue weighted by molar-refractivity contribution is 5.24. The molecule has 0 bridgehead atoms. The van der Waals surface area contributed by atoms with Gasteiger partial charge in [-0.1, -0.05) is 30.3 Å². The summed E-state index contributed by atoms with van der Waals surface area (Å²) in [5, 5.41) is 0. The smallest absolute Gasteiger partial charge is 0.00157 e. The van der Waals surface area contributed by atoms with Crippen LogP contribution in [0.3, 0.4) is 0 Å². The number of hydrogen-bond donors (Lipinski definition) is 0. The Bertz CT molecular complexity index is 319. The van der Waals surface area contributed by atoms with Crippen molar-refractivity contribution in [2.45, 2.75) is 12.3 Å². The standard InChI is InChI=1S/C13H17N/c1-14-8-11-7-12(13(11)9-14)10-5-3-2-4-6-10/h2-6,11-13H,7-9H2,1H3. The lowest BCUT2D eigenvalue weighted by Crippen LogP contribution is -2.33. The Morgan fingerprint density at radius 1 is 1.14 bits per heavy atom. The molecular weight excluding hydrogens is 170 g/mol. The predicted octanol–water partition coefficient (Wildman–Crippen LogP) is 2.35. The Hall–Kier alpha value is -0.820. The molecule has 1 aromatic rings. The van der Waals surface area contributed by atoms with Crippen LogP contribution >= 0.6 is 0 Å². The van der Waals surface area contributed by atoms with Crippen molar-refractivity contribution in [3.05, 3.63) is 35.9 Å². The van der Waals surface area contributed by atoms with Crippen LogP contribution in [0.5, 0.6) is 0 Å². The Kier molecular flexibility index (Phi) is 1.88. The Morgan fingerprint density at radius 3 is 2.64 bits per heavy atom. The number of nitrogens with zero attached hydrogens (tertiary/aromatic N) is 1. The lowest BCUT2D eigenvalue weighted by molar-refractivity contribution is 0.191. The highest BCUT2D eigenvalue weighted by atomic mass is 15.1. The van der Waals surface area contributed by atoms with Crippen molar-refractivity contribution >= 4 is 0 Å². The monoisotopic (exact) mass is 187 g/mol. The van der Waals surface area contributed by atoms with Gasteiger partial charge in [0.15, 0.2) is 0 Å². The Labute approximate surface area is 85.7 Å². The maximum Gasteiger partial charge on any atom is 0.00157 e. The molecule has 3 unspecified atom stereocenters. The molecule has 0 spiro atoms. The van der Waals surface area contributed by atoms with Crippen LogP contribution in [-0.4, -0.2) is 25.0 Å². The molecule has 74 valence electrons. The van der Waals surface area contributed by atoms with Crippen LogP contribution in [0.2, 0.25) is 0 Å². The van der Waals surface area contributed by atoms with Gasteiger partial charge in [0.25, 0.3) is 0 Å². The van der Waals surface area contributed by atoms with Crippen molar-refractivity contribution < 1.29 is 0 Å². The molecule has 2 fully saturated rings. The number of likely N-dealkylation sites (tertiary alicyclic amines) is 1. The quantitative estimate of drug-likeness (QED) is 0.652. The van der Waals surface area contributed by atoms with Crippen molar-refractivity contribution in [1.82, 2.24) is 4.90 Å². The molecule has 1 heteroatoms. The summed E-state index contributed by atoms with van der Waals surface area (Å²) in [6.07, 6.45) is 1.42. The van der Waals surface area contributed by atoms with E-state index in [1.807, 2.05) is 0 Å². The summed E-state index contributed by atoms with van der Waals surface area (Å²) >= 11 is 0. The normalized spacial score (nSPS) is 36.5. The number of hydrogen-bond acceptors (Lipinski definition) is 1. The minimum absolute atomic E-state index is 0.853. The highest BCUT2D eigenvalue weighted by Gasteiger charge is 2.46. The first-order valence-electron chi connectivity index (χ1n) is 5.58. The number of benzene rings is 1. The molecule has 3 atom stereocenters. The van der Waals surface area contributed by atoms with E-state index < -0.39 is 0 Å². The molecule has 1 aromatic carbocycles. The summed E-state index contributed by atoms with van der Waals surface area (Å²) in [5.41, 5.74) is 1.56. The second-order valence-corrected chi connectivity index (χ2v) is 4.90. The van der Waals surface area contributed by atoms with Crippen LogP contribution in [0.25, 0.3) is 0 Å². The lowest BCUT2D eigenvalue weighted by atomic mass is 9.64. The molecule has 1 saturated heterocycles. The molecule has 0 radical (unpaired) electrons. The topological polar surface area (TPSA) is 3.24 Å². The molecule has 0 amide bonds. The van der Waals surface area contributed by atoms with E-state index >= 15 is 0 Å². The minimum atomic E-state index is 0.853. The van der Waals surface area contributed by atoms with E-state index in [0.717, 1.165) is 17.8 Å². The first-order chi connectivity index (χ1) is 6.84. The zero-order valence-corrected chi connectivity index (χ0v) is 8.69. The Balaban J connectivity index is 1.78. The van der Waals surface area contributed by atoms with Crippen molar-refractivity contribution in [2.24, 2.45) is 11.8 Å². The van der Waals surface area contributed by atoms with Crippen LogP contribution < -0.4 is 0 Å². The van der Waals surface area contributed by atoms with Gasteiger partial charge in [0.05, 0.1) is 0 Å². The molecule has 1 aliphatic heterocycles. The van der Waals surface area contributed by atoms with Gasteiger partial charge < -0.3 is 4.90 Å². The van der Waals surface area contributed by atoms with E-state index in [-0.39, 0.29) is 0 Å². The molecular formula is C13H17N. The first kappa shape index (κ1) is 8.49. The van der Waals surface area contributed by atoms with E-state index in [1.165, 1.54) is 19.5 Å². The lowest BCUT2D eigenvalue weighted by Gasteiger charge is -2.40. The van der Waals surface area contributed by atoms with Crippen molar-refractivity contribution in [2.75, 3.05) is 20.1 Å². The first-order valence-corrected chi connectivity index (χ1v) is 5.58. The second-order valence-electron chi connectivity index (χ2n) is 4.90. The third-order valence-electron chi connectivity index (χ3n) is 3.98. The summed E-state index contributed by atoms with van der Waals surface area (Å²) < 4.78 is 0. The van der Waals surface area contributed by atoms with Crippen molar-refractivity contribution in [3.63, 3.8) is 0 Å². The fourth-order valence-electron chi connectivity index (χ4n) is 3.21. The van der Waals surface area contributed by atoms with Crippen LogP contribution in [0.4, 0.5) is 0 Å². The summed E-state index contributed by atoms with van der Waals surface area (Å²) in [7, 11) is 2.25. The van der Waals surface area contributed by atoms with Crippen LogP contribution in [0.1, 0.15) is 17.9 Å². The molecule has 14 heavy (non-hydrogen) atoms. The summed E-state index contributed by atoms with van der Waals surface area (Å²) in [4.78, 5) is 2.48. The van der Waals surface area contributed by atoms with Crippen molar-refractivity contribution in [1.29, 1.82) is 0 Å². The summed E-state index contributed by atoms with van der Waals surface area (Å²) in [6, 6.07) is 11.0. The van der Waals surface area contributed by atoms with Gasteiger partial charge in [0, 0.05) is 13.1 Å². The predicted molar refractivity (Wildman–Crippen MR) is 58.3 cm³/mol. The van der Waals surface area contributed by atoms with Gasteiger partial charge in [0.1, 0.15) is 0 Å². The van der Waals surface area contributed by atoms with E-state index in [0.29, 0.717) is 0 Å². The van der Waals surface area contributed by atoms with Gasteiger partial charge >= 0.3 is 0 Å². The second kappa shape index (κ2) is 3.09.